The Morgan fingerprint density at radius 1 is 1.47 bits per heavy atom. The van der Waals surface area contributed by atoms with Crippen molar-refractivity contribution in [2.75, 3.05) is 5.75 Å². The molecule has 1 aliphatic carbocycles. The standard InChI is InChI=1S/C9H17NO4S/c1-2-9(5-3-6-9)10-15(13,14)7-4-8(11)12/h10H,2-7H2,1H3,(H,11,12). The van der Waals surface area contributed by atoms with E-state index in [0.29, 0.717) is 0 Å². The van der Waals surface area contributed by atoms with Crippen LogP contribution < -0.4 is 4.72 Å². The number of rotatable bonds is 6. The average Bonchev–Trinajstić information content (AvgIpc) is 2.09. The van der Waals surface area contributed by atoms with E-state index in [9.17, 15) is 13.2 Å². The molecule has 0 aromatic heterocycles. The first kappa shape index (κ1) is 12.4. The third-order valence-corrected chi connectivity index (χ3v) is 4.43. The molecule has 6 heteroatoms. The summed E-state index contributed by atoms with van der Waals surface area (Å²) in [6, 6.07) is 0. The van der Waals surface area contributed by atoms with E-state index in [0.717, 1.165) is 25.7 Å². The number of sulfonamides is 1. The predicted octanol–water partition coefficient (Wildman–Crippen LogP) is 0.713. The van der Waals surface area contributed by atoms with Gasteiger partial charge in [0.25, 0.3) is 0 Å². The maximum absolute atomic E-state index is 11.5. The molecule has 0 saturated heterocycles. The van der Waals surface area contributed by atoms with Crippen LogP contribution in [0.2, 0.25) is 0 Å². The van der Waals surface area contributed by atoms with E-state index in [1.54, 1.807) is 0 Å². The lowest BCUT2D eigenvalue weighted by atomic mass is 9.76. The molecule has 1 saturated carbocycles. The third kappa shape index (κ3) is 3.46. The Bertz CT molecular complexity index is 327. The maximum atomic E-state index is 11.5. The first-order valence-electron chi connectivity index (χ1n) is 5.13. The van der Waals surface area contributed by atoms with E-state index in [1.807, 2.05) is 6.92 Å². The second-order valence-electron chi connectivity index (χ2n) is 4.05. The highest BCUT2D eigenvalue weighted by Gasteiger charge is 2.38. The predicted molar refractivity (Wildman–Crippen MR) is 56.0 cm³/mol. The summed E-state index contributed by atoms with van der Waals surface area (Å²) >= 11 is 0. The monoisotopic (exact) mass is 235 g/mol. The number of carboxylic acid groups (broad SMARTS) is 1. The minimum atomic E-state index is -3.44. The van der Waals surface area contributed by atoms with Gasteiger partial charge >= 0.3 is 5.97 Å². The fourth-order valence-corrected chi connectivity index (χ4v) is 3.29. The van der Waals surface area contributed by atoms with E-state index in [4.69, 9.17) is 5.11 Å². The lowest BCUT2D eigenvalue weighted by Crippen LogP contribution is -2.53. The Labute approximate surface area is 89.9 Å². The number of carboxylic acids is 1. The molecule has 0 spiro atoms. The second kappa shape index (κ2) is 4.49. The van der Waals surface area contributed by atoms with Gasteiger partial charge in [0.15, 0.2) is 0 Å². The molecule has 5 nitrogen and oxygen atoms in total. The van der Waals surface area contributed by atoms with Crippen molar-refractivity contribution in [3.63, 3.8) is 0 Å². The molecule has 0 amide bonds. The summed E-state index contributed by atoms with van der Waals surface area (Å²) in [6.07, 6.45) is 3.18. The fraction of sp³-hybridized carbons (Fsp3) is 0.889. The van der Waals surface area contributed by atoms with Crippen LogP contribution in [0.3, 0.4) is 0 Å². The highest BCUT2D eigenvalue weighted by Crippen LogP contribution is 2.35. The summed E-state index contributed by atoms with van der Waals surface area (Å²) in [6.45, 7) is 1.94. The largest absolute Gasteiger partial charge is 0.481 e. The van der Waals surface area contributed by atoms with Gasteiger partial charge in [0.1, 0.15) is 0 Å². The zero-order valence-corrected chi connectivity index (χ0v) is 9.64. The van der Waals surface area contributed by atoms with E-state index < -0.39 is 16.0 Å². The normalized spacial score (nSPS) is 19.5. The molecule has 0 atom stereocenters. The van der Waals surface area contributed by atoms with E-state index in [-0.39, 0.29) is 17.7 Å². The van der Waals surface area contributed by atoms with Crippen LogP contribution >= 0.6 is 0 Å². The van der Waals surface area contributed by atoms with Gasteiger partial charge in [-0.2, -0.15) is 0 Å². The summed E-state index contributed by atoms with van der Waals surface area (Å²) in [4.78, 5) is 10.3. The number of carbonyl (C=O) groups is 1. The van der Waals surface area contributed by atoms with Crippen LogP contribution in [0.25, 0.3) is 0 Å². The van der Waals surface area contributed by atoms with Crippen LogP contribution in [0, 0.1) is 0 Å². The van der Waals surface area contributed by atoms with Crippen molar-refractivity contribution in [1.29, 1.82) is 0 Å². The quantitative estimate of drug-likeness (QED) is 0.710. The van der Waals surface area contributed by atoms with Gasteiger partial charge in [-0.25, -0.2) is 13.1 Å². The molecule has 2 N–H and O–H groups in total. The Morgan fingerprint density at radius 2 is 2.07 bits per heavy atom. The van der Waals surface area contributed by atoms with E-state index in [1.165, 1.54) is 0 Å². The summed E-state index contributed by atoms with van der Waals surface area (Å²) in [5, 5.41) is 8.41. The van der Waals surface area contributed by atoms with Crippen LogP contribution in [0.5, 0.6) is 0 Å². The fourth-order valence-electron chi connectivity index (χ4n) is 1.73. The van der Waals surface area contributed by atoms with Crippen molar-refractivity contribution in [3.8, 4) is 0 Å². The molecule has 0 unspecified atom stereocenters. The molecule has 1 aliphatic rings. The summed E-state index contributed by atoms with van der Waals surface area (Å²) < 4.78 is 25.7. The van der Waals surface area contributed by atoms with Gasteiger partial charge in [0.2, 0.25) is 10.0 Å². The molecule has 0 bridgehead atoms. The number of aliphatic carboxylic acids is 1. The molecule has 1 fully saturated rings. The lowest BCUT2D eigenvalue weighted by Gasteiger charge is -2.41. The van der Waals surface area contributed by atoms with Crippen LogP contribution in [-0.2, 0) is 14.8 Å². The molecule has 88 valence electrons. The van der Waals surface area contributed by atoms with Crippen molar-refractivity contribution < 1.29 is 18.3 Å². The summed E-state index contributed by atoms with van der Waals surface area (Å²) in [7, 11) is -3.44. The summed E-state index contributed by atoms with van der Waals surface area (Å²) in [5.74, 6) is -1.41. The van der Waals surface area contributed by atoms with Crippen LogP contribution in [0.1, 0.15) is 39.0 Å². The maximum Gasteiger partial charge on any atom is 0.304 e. The van der Waals surface area contributed by atoms with Gasteiger partial charge < -0.3 is 5.11 Å². The van der Waals surface area contributed by atoms with Crippen LogP contribution in [-0.4, -0.2) is 30.8 Å². The van der Waals surface area contributed by atoms with E-state index >= 15 is 0 Å². The van der Waals surface area contributed by atoms with E-state index in [2.05, 4.69) is 4.72 Å². The average molecular weight is 235 g/mol. The van der Waals surface area contributed by atoms with Crippen molar-refractivity contribution in [3.05, 3.63) is 0 Å². The molecule has 1 rings (SSSR count). The van der Waals surface area contributed by atoms with Crippen molar-refractivity contribution in [2.24, 2.45) is 0 Å². The molecule has 15 heavy (non-hydrogen) atoms. The first-order chi connectivity index (χ1) is 6.89. The second-order valence-corrected chi connectivity index (χ2v) is 5.89. The minimum Gasteiger partial charge on any atom is -0.481 e. The van der Waals surface area contributed by atoms with Gasteiger partial charge in [-0.1, -0.05) is 6.92 Å². The molecule has 0 heterocycles. The Balaban J connectivity index is 2.52. The van der Waals surface area contributed by atoms with Crippen molar-refractivity contribution in [1.82, 2.24) is 4.72 Å². The lowest BCUT2D eigenvalue weighted by molar-refractivity contribution is -0.136. The topological polar surface area (TPSA) is 83.5 Å². The number of hydrogen-bond acceptors (Lipinski definition) is 3. The van der Waals surface area contributed by atoms with Gasteiger partial charge in [-0.05, 0) is 25.7 Å². The third-order valence-electron chi connectivity index (χ3n) is 2.94. The molecule has 0 radical (unpaired) electrons. The zero-order valence-electron chi connectivity index (χ0n) is 8.82. The van der Waals surface area contributed by atoms with Gasteiger partial charge in [-0.15, -0.1) is 0 Å². The smallest absolute Gasteiger partial charge is 0.304 e. The van der Waals surface area contributed by atoms with Crippen molar-refractivity contribution in [2.45, 2.75) is 44.6 Å². The molecule has 0 aromatic rings. The summed E-state index contributed by atoms with van der Waals surface area (Å²) in [5.41, 5.74) is -0.294. The van der Waals surface area contributed by atoms with Crippen molar-refractivity contribution >= 4 is 16.0 Å². The highest BCUT2D eigenvalue weighted by atomic mass is 32.2. The molecule has 0 aliphatic heterocycles. The van der Waals surface area contributed by atoms with Gasteiger partial charge in [0, 0.05) is 5.54 Å². The molecule has 0 aromatic carbocycles. The SMILES string of the molecule is CCC1(NS(=O)(=O)CCC(=O)O)CCC1. The first-order valence-corrected chi connectivity index (χ1v) is 6.78. The van der Waals surface area contributed by atoms with Gasteiger partial charge in [-0.3, -0.25) is 4.79 Å². The Morgan fingerprint density at radius 3 is 2.40 bits per heavy atom. The van der Waals surface area contributed by atoms with Gasteiger partial charge in [0.05, 0.1) is 12.2 Å². The number of nitrogens with one attached hydrogen (secondary N) is 1. The zero-order chi connectivity index (χ0) is 11.5. The minimum absolute atomic E-state index is 0.294. The Hall–Kier alpha value is -0.620. The molecular weight excluding hydrogens is 218 g/mol. The van der Waals surface area contributed by atoms with Crippen LogP contribution in [0.15, 0.2) is 0 Å². The van der Waals surface area contributed by atoms with Crippen LogP contribution in [0.4, 0.5) is 0 Å². The Kier molecular flexibility index (Phi) is 3.72. The number of hydrogen-bond donors (Lipinski definition) is 2. The highest BCUT2D eigenvalue weighted by molar-refractivity contribution is 7.89. The molecular formula is C9H17NO4S.